The lowest BCUT2D eigenvalue weighted by molar-refractivity contribution is 0.474. The normalized spacial score (nSPS) is 12.6. The lowest BCUT2D eigenvalue weighted by Crippen LogP contribution is -2.17. The van der Waals surface area contributed by atoms with Crippen molar-refractivity contribution in [3.05, 3.63) is 51.7 Å². The van der Waals surface area contributed by atoms with Gasteiger partial charge in [-0.05, 0) is 48.6 Å². The first-order valence-electron chi connectivity index (χ1n) is 5.72. The van der Waals surface area contributed by atoms with Gasteiger partial charge >= 0.3 is 0 Å². The van der Waals surface area contributed by atoms with E-state index < -0.39 is 0 Å². The predicted molar refractivity (Wildman–Crippen MR) is 72.4 cm³/mol. The molecule has 0 aliphatic heterocycles. The van der Waals surface area contributed by atoms with Crippen molar-refractivity contribution in [1.82, 2.24) is 5.32 Å². The van der Waals surface area contributed by atoms with Gasteiger partial charge in [0.2, 0.25) is 0 Å². The Labute approximate surface area is 106 Å². The lowest BCUT2D eigenvalue weighted by atomic mass is 10.1. The molecule has 1 atom stereocenters. The highest BCUT2D eigenvalue weighted by Gasteiger charge is 2.06. The van der Waals surface area contributed by atoms with Crippen LogP contribution in [0.3, 0.4) is 0 Å². The first kappa shape index (κ1) is 12.1. The lowest BCUT2D eigenvalue weighted by Gasteiger charge is -2.14. The van der Waals surface area contributed by atoms with E-state index in [-0.39, 0.29) is 6.04 Å². The average molecular weight is 247 g/mol. The van der Waals surface area contributed by atoms with Crippen LogP contribution in [0.5, 0.6) is 5.75 Å². The van der Waals surface area contributed by atoms with Gasteiger partial charge in [0.15, 0.2) is 0 Å². The monoisotopic (exact) mass is 247 g/mol. The molecule has 0 amide bonds. The summed E-state index contributed by atoms with van der Waals surface area (Å²) >= 11 is 1.79. The van der Waals surface area contributed by atoms with Gasteiger partial charge in [-0.3, -0.25) is 0 Å². The Kier molecular flexibility index (Phi) is 3.82. The molecular formula is C14H17NOS. The summed E-state index contributed by atoms with van der Waals surface area (Å²) < 4.78 is 0. The molecule has 2 aromatic rings. The second kappa shape index (κ2) is 5.34. The third-order valence-electron chi connectivity index (χ3n) is 2.93. The summed E-state index contributed by atoms with van der Waals surface area (Å²) in [5.41, 5.74) is 2.54. The zero-order valence-electron chi connectivity index (χ0n) is 10.1. The number of nitrogens with one attached hydrogen (secondary N) is 1. The Bertz CT molecular complexity index is 475. The zero-order chi connectivity index (χ0) is 12.3. The van der Waals surface area contributed by atoms with E-state index in [1.807, 2.05) is 12.1 Å². The van der Waals surface area contributed by atoms with Crippen LogP contribution in [0.15, 0.2) is 35.7 Å². The van der Waals surface area contributed by atoms with Crippen molar-refractivity contribution in [3.8, 4) is 5.75 Å². The Morgan fingerprint density at radius 3 is 2.53 bits per heavy atom. The van der Waals surface area contributed by atoms with E-state index in [1.54, 1.807) is 23.5 Å². The number of hydrogen-bond donors (Lipinski definition) is 2. The smallest absolute Gasteiger partial charge is 0.115 e. The molecule has 0 aliphatic rings. The van der Waals surface area contributed by atoms with Gasteiger partial charge in [0.05, 0.1) is 0 Å². The number of aryl methyl sites for hydroxylation is 1. The van der Waals surface area contributed by atoms with Gasteiger partial charge in [0.1, 0.15) is 5.75 Å². The zero-order valence-corrected chi connectivity index (χ0v) is 10.9. The largest absolute Gasteiger partial charge is 0.508 e. The van der Waals surface area contributed by atoms with Crippen molar-refractivity contribution in [1.29, 1.82) is 0 Å². The third-order valence-corrected chi connectivity index (χ3v) is 3.95. The van der Waals surface area contributed by atoms with E-state index in [9.17, 15) is 5.11 Å². The number of rotatable bonds is 4. The van der Waals surface area contributed by atoms with Crippen LogP contribution in [0.25, 0.3) is 0 Å². The van der Waals surface area contributed by atoms with E-state index in [1.165, 1.54) is 16.0 Å². The molecule has 2 nitrogen and oxygen atoms in total. The summed E-state index contributed by atoms with van der Waals surface area (Å²) in [7, 11) is 0. The minimum Gasteiger partial charge on any atom is -0.508 e. The van der Waals surface area contributed by atoms with Crippen LogP contribution in [-0.4, -0.2) is 5.11 Å². The number of phenols is 1. The van der Waals surface area contributed by atoms with Crippen LogP contribution in [0.1, 0.15) is 29.0 Å². The quantitative estimate of drug-likeness (QED) is 0.865. The highest BCUT2D eigenvalue weighted by Crippen LogP contribution is 2.19. The van der Waals surface area contributed by atoms with E-state index in [4.69, 9.17) is 0 Å². The maximum atomic E-state index is 9.24. The van der Waals surface area contributed by atoms with Gasteiger partial charge in [0.25, 0.3) is 0 Å². The summed E-state index contributed by atoms with van der Waals surface area (Å²) in [6, 6.07) is 9.79. The van der Waals surface area contributed by atoms with E-state index in [0.717, 1.165) is 6.54 Å². The van der Waals surface area contributed by atoms with Crippen LogP contribution in [0.4, 0.5) is 0 Å². The number of phenolic OH excluding ortho intramolecular Hbond substituents is 1. The van der Waals surface area contributed by atoms with Crippen molar-refractivity contribution in [2.24, 2.45) is 0 Å². The van der Waals surface area contributed by atoms with Gasteiger partial charge in [-0.25, -0.2) is 0 Å². The molecule has 1 aromatic carbocycles. The molecule has 90 valence electrons. The number of thiophene rings is 1. The Morgan fingerprint density at radius 1 is 1.24 bits per heavy atom. The van der Waals surface area contributed by atoms with Gasteiger partial charge in [0, 0.05) is 17.5 Å². The van der Waals surface area contributed by atoms with Crippen molar-refractivity contribution < 1.29 is 5.11 Å². The minimum atomic E-state index is 0.289. The molecule has 0 spiro atoms. The fraction of sp³-hybridized carbons (Fsp3) is 0.286. The molecule has 1 unspecified atom stereocenters. The third kappa shape index (κ3) is 3.08. The van der Waals surface area contributed by atoms with Crippen molar-refractivity contribution >= 4 is 11.3 Å². The van der Waals surface area contributed by atoms with Gasteiger partial charge < -0.3 is 10.4 Å². The van der Waals surface area contributed by atoms with E-state index in [2.05, 4.69) is 30.6 Å². The molecule has 0 radical (unpaired) electrons. The molecule has 0 fully saturated rings. The predicted octanol–water partition coefficient (Wildman–Crippen LogP) is 3.61. The Balaban J connectivity index is 1.95. The van der Waals surface area contributed by atoms with Crippen LogP contribution in [0.2, 0.25) is 0 Å². The minimum absolute atomic E-state index is 0.289. The first-order chi connectivity index (χ1) is 8.16. The van der Waals surface area contributed by atoms with Crippen LogP contribution in [0, 0.1) is 6.92 Å². The number of aromatic hydroxyl groups is 1. The molecule has 17 heavy (non-hydrogen) atoms. The van der Waals surface area contributed by atoms with Crippen molar-refractivity contribution in [3.63, 3.8) is 0 Å². The van der Waals surface area contributed by atoms with Crippen molar-refractivity contribution in [2.75, 3.05) is 0 Å². The summed E-state index contributed by atoms with van der Waals surface area (Å²) in [5, 5.41) is 14.8. The summed E-state index contributed by atoms with van der Waals surface area (Å²) in [6.45, 7) is 5.17. The fourth-order valence-corrected chi connectivity index (χ4v) is 2.57. The molecule has 0 bridgehead atoms. The summed E-state index contributed by atoms with van der Waals surface area (Å²) in [4.78, 5) is 1.38. The SMILES string of the molecule is Cc1ccsc1CNC(C)c1ccc(O)cc1. The highest BCUT2D eigenvalue weighted by molar-refractivity contribution is 7.10. The molecular weight excluding hydrogens is 230 g/mol. The first-order valence-corrected chi connectivity index (χ1v) is 6.60. The molecule has 3 heteroatoms. The average Bonchev–Trinajstić information content (AvgIpc) is 2.73. The fourth-order valence-electron chi connectivity index (χ4n) is 1.71. The van der Waals surface area contributed by atoms with Crippen molar-refractivity contribution in [2.45, 2.75) is 26.4 Å². The van der Waals surface area contributed by atoms with E-state index in [0.29, 0.717) is 5.75 Å². The van der Waals surface area contributed by atoms with Gasteiger partial charge in [-0.2, -0.15) is 0 Å². The molecule has 0 saturated carbocycles. The second-order valence-electron chi connectivity index (χ2n) is 4.22. The summed E-state index contributed by atoms with van der Waals surface area (Å²) in [6.07, 6.45) is 0. The standard InChI is InChI=1S/C14H17NOS/c1-10-7-8-17-14(10)9-15-11(2)12-3-5-13(16)6-4-12/h3-8,11,15-16H,9H2,1-2H3. The maximum absolute atomic E-state index is 9.24. The highest BCUT2D eigenvalue weighted by atomic mass is 32.1. The number of hydrogen-bond acceptors (Lipinski definition) is 3. The second-order valence-corrected chi connectivity index (χ2v) is 5.22. The molecule has 2 rings (SSSR count). The molecule has 1 aromatic heterocycles. The Hall–Kier alpha value is -1.32. The Morgan fingerprint density at radius 2 is 1.94 bits per heavy atom. The van der Waals surface area contributed by atoms with Gasteiger partial charge in [-0.1, -0.05) is 12.1 Å². The maximum Gasteiger partial charge on any atom is 0.115 e. The van der Waals surface area contributed by atoms with Crippen LogP contribution < -0.4 is 5.32 Å². The van der Waals surface area contributed by atoms with Gasteiger partial charge in [-0.15, -0.1) is 11.3 Å². The topological polar surface area (TPSA) is 32.3 Å². The molecule has 1 heterocycles. The van der Waals surface area contributed by atoms with E-state index >= 15 is 0 Å². The van der Waals surface area contributed by atoms with Crippen LogP contribution in [-0.2, 0) is 6.54 Å². The molecule has 0 saturated heterocycles. The number of benzene rings is 1. The molecule has 0 aliphatic carbocycles. The van der Waals surface area contributed by atoms with Crippen LogP contribution >= 0.6 is 11.3 Å². The molecule has 2 N–H and O–H groups in total. The summed E-state index contributed by atoms with van der Waals surface area (Å²) in [5.74, 6) is 0.315.